The molecule has 45 heavy (non-hydrogen) atoms. The van der Waals surface area contributed by atoms with Gasteiger partial charge in [0.2, 0.25) is 0 Å². The monoisotopic (exact) mass is 592 g/mol. The van der Waals surface area contributed by atoms with Crippen molar-refractivity contribution in [3.63, 3.8) is 0 Å². The van der Waals surface area contributed by atoms with Gasteiger partial charge in [-0.05, 0) is 65.1 Å². The van der Waals surface area contributed by atoms with Gasteiger partial charge in [-0.3, -0.25) is 0 Å². The van der Waals surface area contributed by atoms with E-state index in [9.17, 15) is 0 Å². The number of benzene rings is 6. The predicted octanol–water partition coefficient (Wildman–Crippen LogP) is 11.2. The number of hydrogen-bond acceptors (Lipinski definition) is 3. The molecule has 6 aromatic carbocycles. The Morgan fingerprint density at radius 3 is 1.82 bits per heavy atom. The van der Waals surface area contributed by atoms with Crippen LogP contribution < -0.4 is 0 Å². The molecule has 0 radical (unpaired) electrons. The molecule has 9 rings (SSSR count). The number of aromatic nitrogens is 2. The van der Waals surface area contributed by atoms with Gasteiger partial charge in [-0.25, -0.2) is 9.97 Å². The van der Waals surface area contributed by atoms with Crippen LogP contribution in [0.5, 0.6) is 0 Å². The SMILES string of the molecule is CC1(c2cccc(-c3cc(-c4ccc5sc6ccccc6c5c4)nc(-c4ccccc4)n3)c2)c2ccccc2-c2ccccc21. The fourth-order valence-corrected chi connectivity index (χ4v) is 8.18. The molecule has 0 N–H and O–H groups in total. The lowest BCUT2D eigenvalue weighted by molar-refractivity contribution is 0.714. The molecule has 0 spiro atoms. The molecule has 2 nitrogen and oxygen atoms in total. The van der Waals surface area contributed by atoms with Crippen molar-refractivity contribution in [3.05, 3.63) is 168 Å². The summed E-state index contributed by atoms with van der Waals surface area (Å²) in [5, 5.41) is 2.55. The van der Waals surface area contributed by atoms with Crippen LogP contribution in [-0.4, -0.2) is 9.97 Å². The molecule has 8 aromatic rings. The molecule has 0 atom stereocenters. The molecular formula is C42H28N2S. The highest BCUT2D eigenvalue weighted by Gasteiger charge is 2.40. The van der Waals surface area contributed by atoms with Crippen molar-refractivity contribution in [2.24, 2.45) is 0 Å². The number of thiophene rings is 1. The van der Waals surface area contributed by atoms with E-state index in [1.54, 1.807) is 0 Å². The Bertz CT molecular complexity index is 2360. The first-order valence-electron chi connectivity index (χ1n) is 15.3. The summed E-state index contributed by atoms with van der Waals surface area (Å²) in [5.74, 6) is 0.728. The Balaban J connectivity index is 1.23. The number of hydrogen-bond donors (Lipinski definition) is 0. The molecule has 0 saturated heterocycles. The maximum absolute atomic E-state index is 5.17. The molecular weight excluding hydrogens is 565 g/mol. The zero-order valence-corrected chi connectivity index (χ0v) is 25.6. The minimum atomic E-state index is -0.271. The van der Waals surface area contributed by atoms with Crippen molar-refractivity contribution >= 4 is 31.5 Å². The lowest BCUT2D eigenvalue weighted by atomic mass is 9.74. The second-order valence-corrected chi connectivity index (χ2v) is 13.0. The van der Waals surface area contributed by atoms with E-state index in [2.05, 4.69) is 140 Å². The molecule has 0 unspecified atom stereocenters. The van der Waals surface area contributed by atoms with Crippen LogP contribution >= 0.6 is 11.3 Å². The molecule has 1 aliphatic carbocycles. The summed E-state index contributed by atoms with van der Waals surface area (Å²) in [6.07, 6.45) is 0. The van der Waals surface area contributed by atoms with E-state index in [0.717, 1.165) is 33.9 Å². The van der Waals surface area contributed by atoms with Gasteiger partial charge in [-0.2, -0.15) is 0 Å². The van der Waals surface area contributed by atoms with E-state index in [1.165, 1.54) is 48.0 Å². The van der Waals surface area contributed by atoms with Crippen LogP contribution in [0.25, 0.3) is 65.2 Å². The number of nitrogens with zero attached hydrogens (tertiary/aromatic N) is 2. The van der Waals surface area contributed by atoms with Crippen molar-refractivity contribution in [2.45, 2.75) is 12.3 Å². The molecule has 3 heteroatoms. The van der Waals surface area contributed by atoms with Crippen molar-refractivity contribution in [3.8, 4) is 45.0 Å². The van der Waals surface area contributed by atoms with Gasteiger partial charge < -0.3 is 0 Å². The second-order valence-electron chi connectivity index (χ2n) is 11.9. The van der Waals surface area contributed by atoms with Gasteiger partial charge in [-0.1, -0.05) is 121 Å². The average molecular weight is 593 g/mol. The fourth-order valence-electron chi connectivity index (χ4n) is 7.10. The van der Waals surface area contributed by atoms with Crippen molar-refractivity contribution in [1.82, 2.24) is 9.97 Å². The third-order valence-electron chi connectivity index (χ3n) is 9.39. The smallest absolute Gasteiger partial charge is 0.160 e. The van der Waals surface area contributed by atoms with Crippen molar-refractivity contribution in [2.75, 3.05) is 0 Å². The Hall–Kier alpha value is -5.38. The lowest BCUT2D eigenvalue weighted by Gasteiger charge is -2.28. The second kappa shape index (κ2) is 10.1. The van der Waals surface area contributed by atoms with Gasteiger partial charge in [0.1, 0.15) is 0 Å². The molecule has 0 amide bonds. The zero-order chi connectivity index (χ0) is 30.0. The predicted molar refractivity (Wildman–Crippen MR) is 189 cm³/mol. The topological polar surface area (TPSA) is 25.8 Å². The number of fused-ring (bicyclic) bond motifs is 6. The maximum atomic E-state index is 5.17. The summed E-state index contributed by atoms with van der Waals surface area (Å²) in [5.41, 5.74) is 11.3. The highest BCUT2D eigenvalue weighted by molar-refractivity contribution is 7.25. The van der Waals surface area contributed by atoms with Gasteiger partial charge in [0.25, 0.3) is 0 Å². The molecule has 0 saturated carbocycles. The molecule has 2 heterocycles. The maximum Gasteiger partial charge on any atom is 0.160 e. The first-order chi connectivity index (χ1) is 22.2. The van der Waals surface area contributed by atoms with Crippen LogP contribution in [0.15, 0.2) is 152 Å². The van der Waals surface area contributed by atoms with Gasteiger partial charge in [0, 0.05) is 42.3 Å². The van der Waals surface area contributed by atoms with Crippen molar-refractivity contribution < 1.29 is 0 Å². The van der Waals surface area contributed by atoms with Crippen LogP contribution in [0, 0.1) is 0 Å². The summed E-state index contributed by atoms with van der Waals surface area (Å²) in [4.78, 5) is 10.3. The van der Waals surface area contributed by atoms with Gasteiger partial charge >= 0.3 is 0 Å². The first-order valence-corrected chi connectivity index (χ1v) is 16.1. The summed E-state index contributed by atoms with van der Waals surface area (Å²) < 4.78 is 2.59. The van der Waals surface area contributed by atoms with Crippen LogP contribution in [0.3, 0.4) is 0 Å². The highest BCUT2D eigenvalue weighted by atomic mass is 32.1. The van der Waals surface area contributed by atoms with Crippen LogP contribution in [0.2, 0.25) is 0 Å². The molecule has 1 aliphatic rings. The Morgan fingerprint density at radius 2 is 1.07 bits per heavy atom. The third-order valence-corrected chi connectivity index (χ3v) is 10.5. The lowest BCUT2D eigenvalue weighted by Crippen LogP contribution is -2.22. The molecule has 2 aromatic heterocycles. The van der Waals surface area contributed by atoms with Crippen LogP contribution in [0.4, 0.5) is 0 Å². The van der Waals surface area contributed by atoms with Crippen LogP contribution in [0.1, 0.15) is 23.6 Å². The van der Waals surface area contributed by atoms with E-state index in [0.29, 0.717) is 0 Å². The fraction of sp³-hybridized carbons (Fsp3) is 0.0476. The third kappa shape index (κ3) is 4.08. The first kappa shape index (κ1) is 26.1. The molecule has 0 bridgehead atoms. The highest BCUT2D eigenvalue weighted by Crippen LogP contribution is 2.52. The van der Waals surface area contributed by atoms with Gasteiger partial charge in [0.05, 0.1) is 11.4 Å². The molecule has 212 valence electrons. The van der Waals surface area contributed by atoms with Gasteiger partial charge in [0.15, 0.2) is 5.82 Å². The van der Waals surface area contributed by atoms with Crippen LogP contribution in [-0.2, 0) is 5.41 Å². The van der Waals surface area contributed by atoms with E-state index in [4.69, 9.17) is 9.97 Å². The molecule has 0 fully saturated rings. The quantitative estimate of drug-likeness (QED) is 0.203. The van der Waals surface area contributed by atoms with E-state index in [-0.39, 0.29) is 5.41 Å². The normalized spacial score (nSPS) is 13.2. The summed E-state index contributed by atoms with van der Waals surface area (Å²) in [7, 11) is 0. The van der Waals surface area contributed by atoms with Crippen molar-refractivity contribution in [1.29, 1.82) is 0 Å². The average Bonchev–Trinajstić information content (AvgIpc) is 3.62. The van der Waals surface area contributed by atoms with E-state index < -0.39 is 0 Å². The summed E-state index contributed by atoms with van der Waals surface area (Å²) >= 11 is 1.84. The molecule has 0 aliphatic heterocycles. The number of rotatable bonds is 4. The Kier molecular flexibility index (Phi) is 5.84. The van der Waals surface area contributed by atoms with E-state index >= 15 is 0 Å². The van der Waals surface area contributed by atoms with E-state index in [1.807, 2.05) is 29.5 Å². The minimum Gasteiger partial charge on any atom is -0.228 e. The largest absolute Gasteiger partial charge is 0.228 e. The van der Waals surface area contributed by atoms with Gasteiger partial charge in [-0.15, -0.1) is 11.3 Å². The standard InChI is InChI=1S/C42H28N2S/c1-42(35-19-8-5-16-31(35)32-17-6-9-20-36(32)42)30-15-11-14-28(24-30)37-26-38(44-41(43-37)27-12-3-2-4-13-27)29-22-23-40-34(25-29)33-18-7-10-21-39(33)45-40/h2-26H,1H3. The zero-order valence-electron chi connectivity index (χ0n) is 24.7. The minimum absolute atomic E-state index is 0.271. The summed E-state index contributed by atoms with van der Waals surface area (Å²) in [6.45, 7) is 2.36. The summed E-state index contributed by atoms with van der Waals surface area (Å²) in [6, 6.07) is 54.4. The Labute approximate surface area is 266 Å². The Morgan fingerprint density at radius 1 is 0.467 bits per heavy atom.